The van der Waals surface area contributed by atoms with Crippen molar-refractivity contribution in [1.29, 1.82) is 0 Å². The molecule has 0 amide bonds. The minimum Gasteiger partial charge on any atom is -0.496 e. The Morgan fingerprint density at radius 3 is 2.40 bits per heavy atom. The van der Waals surface area contributed by atoms with E-state index in [1.807, 2.05) is 19.9 Å². The van der Waals surface area contributed by atoms with E-state index in [1.54, 1.807) is 12.1 Å². The van der Waals surface area contributed by atoms with Gasteiger partial charge in [-0.15, -0.1) is 0 Å². The van der Waals surface area contributed by atoms with Crippen LogP contribution in [0.3, 0.4) is 0 Å². The number of Topliss-reactive ketones (excluding diaryl/α,β-unsaturated/α-hetero) is 1. The van der Waals surface area contributed by atoms with E-state index < -0.39 is 23.6 Å². The van der Waals surface area contributed by atoms with Crippen LogP contribution in [0.4, 0.5) is 0 Å². The van der Waals surface area contributed by atoms with E-state index in [0.29, 0.717) is 25.4 Å². The van der Waals surface area contributed by atoms with E-state index in [0.717, 1.165) is 5.57 Å². The molecule has 1 aromatic carbocycles. The van der Waals surface area contributed by atoms with Gasteiger partial charge in [0.15, 0.2) is 11.6 Å². The minimum atomic E-state index is -0.881. The third-order valence-corrected chi connectivity index (χ3v) is 5.20. The van der Waals surface area contributed by atoms with Gasteiger partial charge < -0.3 is 18.9 Å². The molecule has 1 saturated heterocycles. The highest BCUT2D eigenvalue weighted by atomic mass is 16.5. The van der Waals surface area contributed by atoms with Crippen LogP contribution in [-0.4, -0.2) is 51.1 Å². The monoisotopic (exact) mass is 414 g/mol. The predicted molar refractivity (Wildman–Crippen MR) is 109 cm³/mol. The molecule has 1 aliphatic heterocycles. The number of ether oxygens (including phenoxy) is 4. The summed E-state index contributed by atoms with van der Waals surface area (Å²) in [4.78, 5) is 38.9. The van der Waals surface area contributed by atoms with E-state index in [2.05, 4.69) is 0 Å². The Labute approximate surface area is 175 Å². The number of rotatable bonds is 7. The van der Waals surface area contributed by atoms with Crippen LogP contribution in [0.1, 0.15) is 47.4 Å². The number of benzene rings is 1. The number of ketones is 2. The molecule has 30 heavy (non-hydrogen) atoms. The molecule has 0 N–H and O–H groups in total. The summed E-state index contributed by atoms with van der Waals surface area (Å²) in [5, 5.41) is 0. The van der Waals surface area contributed by atoms with Crippen molar-refractivity contribution in [3.63, 3.8) is 0 Å². The van der Waals surface area contributed by atoms with Crippen molar-refractivity contribution in [3.05, 3.63) is 46.6 Å². The van der Waals surface area contributed by atoms with Crippen molar-refractivity contribution in [1.82, 2.24) is 0 Å². The molecule has 1 aromatic rings. The number of fused-ring (bicyclic) bond motifs is 1. The number of carbonyl (C=O) groups is 3. The van der Waals surface area contributed by atoms with Crippen molar-refractivity contribution in [3.8, 4) is 11.5 Å². The van der Waals surface area contributed by atoms with Crippen LogP contribution >= 0.6 is 0 Å². The fourth-order valence-corrected chi connectivity index (χ4v) is 3.58. The van der Waals surface area contributed by atoms with Gasteiger partial charge in [0, 0.05) is 18.6 Å². The fourth-order valence-electron chi connectivity index (χ4n) is 3.58. The van der Waals surface area contributed by atoms with Crippen LogP contribution in [0.25, 0.3) is 0 Å². The van der Waals surface area contributed by atoms with Gasteiger partial charge in [0.2, 0.25) is 0 Å². The Morgan fingerprint density at radius 2 is 1.83 bits per heavy atom. The zero-order valence-electron chi connectivity index (χ0n) is 17.7. The van der Waals surface area contributed by atoms with E-state index in [1.165, 1.54) is 20.3 Å². The Balaban J connectivity index is 2.00. The molecule has 1 fully saturated rings. The number of allylic oxidation sites excluding steroid dienone is 2. The second kappa shape index (κ2) is 9.26. The fraction of sp³-hybridized carbons (Fsp3) is 0.435. The van der Waals surface area contributed by atoms with Crippen molar-refractivity contribution < 1.29 is 33.3 Å². The van der Waals surface area contributed by atoms with Crippen LogP contribution < -0.4 is 9.47 Å². The third-order valence-electron chi connectivity index (χ3n) is 5.20. The smallest absolute Gasteiger partial charge is 0.311 e. The molecule has 1 aliphatic carbocycles. The molecule has 0 aromatic heterocycles. The predicted octanol–water partition coefficient (Wildman–Crippen LogP) is 3.31. The van der Waals surface area contributed by atoms with Crippen LogP contribution in [0.5, 0.6) is 11.5 Å². The summed E-state index contributed by atoms with van der Waals surface area (Å²) < 4.78 is 21.6. The molecule has 2 atom stereocenters. The van der Waals surface area contributed by atoms with Gasteiger partial charge in [-0.3, -0.25) is 14.4 Å². The van der Waals surface area contributed by atoms with Crippen LogP contribution in [0.15, 0.2) is 35.4 Å². The van der Waals surface area contributed by atoms with Gasteiger partial charge in [-0.25, -0.2) is 0 Å². The van der Waals surface area contributed by atoms with Gasteiger partial charge in [0.05, 0.1) is 37.9 Å². The summed E-state index contributed by atoms with van der Waals surface area (Å²) in [6.45, 7) is 4.63. The van der Waals surface area contributed by atoms with E-state index in [4.69, 9.17) is 18.9 Å². The van der Waals surface area contributed by atoms with Crippen molar-refractivity contribution in [2.75, 3.05) is 27.4 Å². The zero-order valence-corrected chi connectivity index (χ0v) is 17.7. The molecular weight excluding hydrogens is 388 g/mol. The molecule has 1 unspecified atom stereocenters. The first kappa shape index (κ1) is 21.8. The van der Waals surface area contributed by atoms with Crippen molar-refractivity contribution >= 4 is 17.5 Å². The van der Waals surface area contributed by atoms with Crippen LogP contribution in [-0.2, 0) is 14.3 Å². The number of methoxy groups -OCH3 is 2. The molecule has 7 nitrogen and oxygen atoms in total. The molecule has 0 bridgehead atoms. The first-order valence-electron chi connectivity index (χ1n) is 9.84. The molecule has 3 rings (SSSR count). The molecule has 2 aliphatic rings. The van der Waals surface area contributed by atoms with Crippen LogP contribution in [0, 0.1) is 5.92 Å². The Hall–Kier alpha value is -2.93. The topological polar surface area (TPSA) is 88.1 Å². The van der Waals surface area contributed by atoms with Gasteiger partial charge in [0.25, 0.3) is 0 Å². The third kappa shape index (κ3) is 4.31. The quantitative estimate of drug-likeness (QED) is 0.500. The largest absolute Gasteiger partial charge is 0.496 e. The molecule has 0 radical (unpaired) electrons. The van der Waals surface area contributed by atoms with E-state index >= 15 is 0 Å². The summed E-state index contributed by atoms with van der Waals surface area (Å²) in [5.41, 5.74) is 1.42. The molecule has 7 heteroatoms. The van der Waals surface area contributed by atoms with Gasteiger partial charge in [-0.2, -0.15) is 0 Å². The summed E-state index contributed by atoms with van der Waals surface area (Å²) in [6, 6.07) is 3.17. The average Bonchev–Trinajstić information content (AvgIpc) is 3.27. The van der Waals surface area contributed by atoms with Gasteiger partial charge >= 0.3 is 5.97 Å². The lowest BCUT2D eigenvalue weighted by atomic mass is 9.85. The Kier molecular flexibility index (Phi) is 6.72. The summed E-state index contributed by atoms with van der Waals surface area (Å²) in [5.74, 6) is -1.03. The van der Waals surface area contributed by atoms with Crippen molar-refractivity contribution in [2.24, 2.45) is 5.92 Å². The maximum atomic E-state index is 13.4. The summed E-state index contributed by atoms with van der Waals surface area (Å²) >= 11 is 0. The standard InChI is InChI=1S/C23H26O7/c1-13(2)5-6-17(30-23(26)14-9-10-29-12-14)15-11-16(24)20-18(27-3)7-8-19(28-4)21(20)22(15)25/h5,7-8,11,14,17H,6,9-10,12H2,1-4H3/t14?,17-/m1/s1. The maximum absolute atomic E-state index is 13.4. The lowest BCUT2D eigenvalue weighted by Gasteiger charge is -2.25. The van der Waals surface area contributed by atoms with Crippen molar-refractivity contribution in [2.45, 2.75) is 32.8 Å². The molecule has 160 valence electrons. The lowest BCUT2D eigenvalue weighted by molar-refractivity contribution is -0.152. The SMILES string of the molecule is COc1ccc(OC)c2c1C(=O)C=C([C@@H](CC=C(C)C)OC(=O)C1CCOC1)C2=O. The van der Waals surface area contributed by atoms with Gasteiger partial charge in [-0.1, -0.05) is 11.6 Å². The minimum absolute atomic E-state index is 0.127. The summed E-state index contributed by atoms with van der Waals surface area (Å²) in [6.07, 6.45) is 3.10. The Morgan fingerprint density at radius 1 is 1.17 bits per heavy atom. The highest BCUT2D eigenvalue weighted by Gasteiger charge is 2.37. The molecule has 0 spiro atoms. The number of hydrogen-bond acceptors (Lipinski definition) is 7. The van der Waals surface area contributed by atoms with E-state index in [-0.39, 0.29) is 34.8 Å². The zero-order chi connectivity index (χ0) is 21.8. The first-order valence-corrected chi connectivity index (χ1v) is 9.84. The van der Waals surface area contributed by atoms with Gasteiger partial charge in [0.1, 0.15) is 17.6 Å². The first-order chi connectivity index (χ1) is 14.4. The van der Waals surface area contributed by atoms with Gasteiger partial charge in [-0.05, 0) is 38.5 Å². The highest BCUT2D eigenvalue weighted by Crippen LogP contribution is 2.37. The second-order valence-electron chi connectivity index (χ2n) is 7.52. The number of esters is 1. The molecular formula is C23H26O7. The number of carbonyl (C=O) groups excluding carboxylic acids is 3. The Bertz CT molecular complexity index is 916. The number of hydrogen-bond donors (Lipinski definition) is 0. The summed E-state index contributed by atoms with van der Waals surface area (Å²) in [7, 11) is 2.86. The highest BCUT2D eigenvalue weighted by molar-refractivity contribution is 6.27. The maximum Gasteiger partial charge on any atom is 0.311 e. The second-order valence-corrected chi connectivity index (χ2v) is 7.52. The average molecular weight is 414 g/mol. The molecule has 1 heterocycles. The normalized spacial score (nSPS) is 18.9. The van der Waals surface area contributed by atoms with E-state index in [9.17, 15) is 14.4 Å². The lowest BCUT2D eigenvalue weighted by Crippen LogP contribution is -2.31. The van der Waals surface area contributed by atoms with Crippen LogP contribution in [0.2, 0.25) is 0 Å². The molecule has 0 saturated carbocycles.